The van der Waals surface area contributed by atoms with Crippen molar-refractivity contribution in [3.05, 3.63) is 48.8 Å². The number of anilines is 1. The SMILES string of the molecule is C=CCn1cnnc1SC(C)C(=O)Nc1ccccc1C. The summed E-state index contributed by atoms with van der Waals surface area (Å²) in [5, 5.41) is 11.3. The van der Waals surface area contributed by atoms with E-state index in [1.807, 2.05) is 42.7 Å². The van der Waals surface area contributed by atoms with E-state index >= 15 is 0 Å². The quantitative estimate of drug-likeness (QED) is 0.658. The molecule has 1 aromatic carbocycles. The Balaban J connectivity index is 2.01. The summed E-state index contributed by atoms with van der Waals surface area (Å²) in [5.41, 5.74) is 1.88. The van der Waals surface area contributed by atoms with Crippen LogP contribution in [0, 0.1) is 6.92 Å². The summed E-state index contributed by atoms with van der Waals surface area (Å²) in [5.74, 6) is -0.0533. The molecule has 1 atom stereocenters. The van der Waals surface area contributed by atoms with Gasteiger partial charge in [-0.3, -0.25) is 4.79 Å². The lowest BCUT2D eigenvalue weighted by Crippen LogP contribution is -2.23. The number of para-hydroxylation sites is 1. The van der Waals surface area contributed by atoms with Crippen LogP contribution in [-0.4, -0.2) is 25.9 Å². The molecule has 6 heteroatoms. The zero-order valence-electron chi connectivity index (χ0n) is 12.1. The minimum Gasteiger partial charge on any atom is -0.325 e. The average Bonchev–Trinajstić information content (AvgIpc) is 2.89. The van der Waals surface area contributed by atoms with Gasteiger partial charge < -0.3 is 9.88 Å². The molecule has 2 aromatic rings. The summed E-state index contributed by atoms with van der Waals surface area (Å²) < 4.78 is 1.86. The molecule has 110 valence electrons. The van der Waals surface area contributed by atoms with Crippen LogP contribution < -0.4 is 5.32 Å². The summed E-state index contributed by atoms with van der Waals surface area (Å²) in [6, 6.07) is 7.71. The lowest BCUT2D eigenvalue weighted by Gasteiger charge is -2.13. The van der Waals surface area contributed by atoms with E-state index in [1.165, 1.54) is 11.8 Å². The molecule has 1 heterocycles. The minimum atomic E-state index is -0.266. The number of allylic oxidation sites excluding steroid dienone is 1. The molecule has 2 rings (SSSR count). The van der Waals surface area contributed by atoms with E-state index < -0.39 is 0 Å². The van der Waals surface area contributed by atoms with E-state index in [4.69, 9.17) is 0 Å². The Bertz CT molecular complexity index is 638. The van der Waals surface area contributed by atoms with Gasteiger partial charge in [0.1, 0.15) is 6.33 Å². The maximum Gasteiger partial charge on any atom is 0.237 e. The van der Waals surface area contributed by atoms with Crippen LogP contribution in [0.25, 0.3) is 0 Å². The van der Waals surface area contributed by atoms with E-state index in [0.717, 1.165) is 11.3 Å². The first-order chi connectivity index (χ1) is 10.1. The zero-order valence-corrected chi connectivity index (χ0v) is 12.9. The highest BCUT2D eigenvalue weighted by Gasteiger charge is 2.18. The molecular weight excluding hydrogens is 284 g/mol. The van der Waals surface area contributed by atoms with Crippen molar-refractivity contribution in [3.8, 4) is 0 Å². The Morgan fingerprint density at radius 2 is 2.29 bits per heavy atom. The van der Waals surface area contributed by atoms with E-state index in [0.29, 0.717) is 11.7 Å². The Labute approximate surface area is 128 Å². The lowest BCUT2D eigenvalue weighted by molar-refractivity contribution is -0.115. The number of benzene rings is 1. The maximum atomic E-state index is 12.3. The Morgan fingerprint density at radius 1 is 1.52 bits per heavy atom. The molecule has 1 N–H and O–H groups in total. The molecule has 1 unspecified atom stereocenters. The first kappa shape index (κ1) is 15.3. The second-order valence-corrected chi connectivity index (χ2v) is 5.93. The molecule has 0 spiro atoms. The third kappa shape index (κ3) is 3.95. The second kappa shape index (κ2) is 7.08. The summed E-state index contributed by atoms with van der Waals surface area (Å²) in [6.45, 7) is 8.14. The highest BCUT2D eigenvalue weighted by atomic mass is 32.2. The van der Waals surface area contributed by atoms with Gasteiger partial charge in [0.2, 0.25) is 5.91 Å². The van der Waals surface area contributed by atoms with Gasteiger partial charge >= 0.3 is 0 Å². The van der Waals surface area contributed by atoms with Crippen LogP contribution in [0.3, 0.4) is 0 Å². The van der Waals surface area contributed by atoms with Crippen LogP contribution in [-0.2, 0) is 11.3 Å². The second-order valence-electron chi connectivity index (χ2n) is 4.62. The summed E-state index contributed by atoms with van der Waals surface area (Å²) in [7, 11) is 0. The number of nitrogens with zero attached hydrogens (tertiary/aromatic N) is 3. The van der Waals surface area contributed by atoms with Gasteiger partial charge in [-0.2, -0.15) is 0 Å². The van der Waals surface area contributed by atoms with Gasteiger partial charge in [-0.15, -0.1) is 16.8 Å². The molecule has 0 fully saturated rings. The first-order valence-corrected chi connectivity index (χ1v) is 7.51. The highest BCUT2D eigenvalue weighted by molar-refractivity contribution is 8.00. The van der Waals surface area contributed by atoms with Crippen LogP contribution in [0.4, 0.5) is 5.69 Å². The highest BCUT2D eigenvalue weighted by Crippen LogP contribution is 2.23. The number of aromatic nitrogens is 3. The van der Waals surface area contributed by atoms with E-state index in [2.05, 4.69) is 22.1 Å². The first-order valence-electron chi connectivity index (χ1n) is 6.63. The third-order valence-corrected chi connectivity index (χ3v) is 4.05. The Morgan fingerprint density at radius 3 is 3.00 bits per heavy atom. The molecule has 0 aliphatic heterocycles. The van der Waals surface area contributed by atoms with Crippen molar-refractivity contribution in [3.63, 3.8) is 0 Å². The van der Waals surface area contributed by atoms with Crippen molar-refractivity contribution in [2.24, 2.45) is 0 Å². The Hall–Kier alpha value is -2.08. The zero-order chi connectivity index (χ0) is 15.2. The van der Waals surface area contributed by atoms with E-state index in [1.54, 1.807) is 12.4 Å². The van der Waals surface area contributed by atoms with Gasteiger partial charge in [0.25, 0.3) is 0 Å². The monoisotopic (exact) mass is 302 g/mol. The number of aryl methyl sites for hydroxylation is 1. The number of thioether (sulfide) groups is 1. The predicted octanol–water partition coefficient (Wildman–Crippen LogP) is 2.89. The predicted molar refractivity (Wildman–Crippen MR) is 85.3 cm³/mol. The lowest BCUT2D eigenvalue weighted by atomic mass is 10.2. The van der Waals surface area contributed by atoms with Crippen molar-refractivity contribution in [1.29, 1.82) is 0 Å². The molecular formula is C15H18N4OS. The number of hydrogen-bond donors (Lipinski definition) is 1. The van der Waals surface area contributed by atoms with Crippen molar-refractivity contribution < 1.29 is 4.79 Å². The molecule has 1 amide bonds. The number of nitrogens with one attached hydrogen (secondary N) is 1. The van der Waals surface area contributed by atoms with E-state index in [-0.39, 0.29) is 11.2 Å². The van der Waals surface area contributed by atoms with Gasteiger partial charge in [-0.05, 0) is 25.5 Å². The van der Waals surface area contributed by atoms with Crippen LogP contribution in [0.2, 0.25) is 0 Å². The molecule has 5 nitrogen and oxygen atoms in total. The third-order valence-electron chi connectivity index (χ3n) is 2.96. The topological polar surface area (TPSA) is 59.8 Å². The van der Waals surface area contributed by atoms with Crippen molar-refractivity contribution in [2.75, 3.05) is 5.32 Å². The van der Waals surface area contributed by atoms with Crippen LogP contribution in [0.15, 0.2) is 48.4 Å². The van der Waals surface area contributed by atoms with Gasteiger partial charge in [0.05, 0.1) is 5.25 Å². The molecule has 0 bridgehead atoms. The van der Waals surface area contributed by atoms with Crippen molar-refractivity contribution in [2.45, 2.75) is 30.8 Å². The normalized spacial score (nSPS) is 11.9. The molecule has 0 saturated heterocycles. The van der Waals surface area contributed by atoms with Crippen molar-refractivity contribution in [1.82, 2.24) is 14.8 Å². The Kier molecular flexibility index (Phi) is 5.16. The molecule has 0 aliphatic rings. The fourth-order valence-electron chi connectivity index (χ4n) is 1.76. The standard InChI is InChI=1S/C15H18N4OS/c1-4-9-19-10-16-18-15(19)21-12(3)14(20)17-13-8-6-5-7-11(13)2/h4-8,10,12H,1,9H2,2-3H3,(H,17,20). The fourth-order valence-corrected chi connectivity index (χ4v) is 2.59. The largest absolute Gasteiger partial charge is 0.325 e. The van der Waals surface area contributed by atoms with Gasteiger partial charge in [-0.1, -0.05) is 36.0 Å². The van der Waals surface area contributed by atoms with Crippen LogP contribution in [0.5, 0.6) is 0 Å². The number of carbonyl (C=O) groups excluding carboxylic acids is 1. The number of hydrogen-bond acceptors (Lipinski definition) is 4. The molecule has 21 heavy (non-hydrogen) atoms. The summed E-state index contributed by atoms with van der Waals surface area (Å²) in [4.78, 5) is 12.3. The van der Waals surface area contributed by atoms with Crippen molar-refractivity contribution >= 4 is 23.4 Å². The minimum absolute atomic E-state index is 0.0533. The van der Waals surface area contributed by atoms with Gasteiger partial charge in [0, 0.05) is 12.2 Å². The van der Waals surface area contributed by atoms with E-state index in [9.17, 15) is 4.79 Å². The number of amides is 1. The fraction of sp³-hybridized carbons (Fsp3) is 0.267. The molecule has 1 aromatic heterocycles. The summed E-state index contributed by atoms with van der Waals surface area (Å²) >= 11 is 1.38. The maximum absolute atomic E-state index is 12.3. The van der Waals surface area contributed by atoms with Crippen LogP contribution in [0.1, 0.15) is 12.5 Å². The summed E-state index contributed by atoms with van der Waals surface area (Å²) in [6.07, 6.45) is 3.40. The average molecular weight is 302 g/mol. The number of rotatable bonds is 6. The van der Waals surface area contributed by atoms with Crippen LogP contribution >= 0.6 is 11.8 Å². The smallest absolute Gasteiger partial charge is 0.237 e. The molecule has 0 aliphatic carbocycles. The van der Waals surface area contributed by atoms with Gasteiger partial charge in [0.15, 0.2) is 5.16 Å². The molecule has 0 radical (unpaired) electrons. The molecule has 0 saturated carbocycles. The van der Waals surface area contributed by atoms with Gasteiger partial charge in [-0.25, -0.2) is 0 Å². The number of carbonyl (C=O) groups is 1.